The van der Waals surface area contributed by atoms with E-state index in [0.29, 0.717) is 19.0 Å². The van der Waals surface area contributed by atoms with E-state index in [9.17, 15) is 4.79 Å². The zero-order valence-corrected chi connectivity index (χ0v) is 15.2. The Balaban J connectivity index is 1.97. The van der Waals surface area contributed by atoms with Crippen LogP contribution in [0.15, 0.2) is 36.7 Å². The summed E-state index contributed by atoms with van der Waals surface area (Å²) in [7, 11) is 0. The predicted molar refractivity (Wildman–Crippen MR) is 96.0 cm³/mol. The molecule has 0 saturated carbocycles. The molecule has 1 aromatic carbocycles. The minimum atomic E-state index is -0.484. The summed E-state index contributed by atoms with van der Waals surface area (Å²) >= 11 is 0. The molecule has 0 aliphatic rings. The molecule has 1 heterocycles. The fourth-order valence-corrected chi connectivity index (χ4v) is 2.36. The monoisotopic (exact) mass is 329 g/mol. The number of alkyl carbamates (subject to hydrolysis) is 1. The van der Waals surface area contributed by atoms with Crippen molar-refractivity contribution in [1.82, 2.24) is 14.9 Å². The van der Waals surface area contributed by atoms with Crippen LogP contribution in [0.5, 0.6) is 0 Å². The molecule has 0 atom stereocenters. The van der Waals surface area contributed by atoms with Gasteiger partial charge < -0.3 is 14.6 Å². The molecular formula is C19H27N3O2. The lowest BCUT2D eigenvalue weighted by molar-refractivity contribution is 0.0526. The highest BCUT2D eigenvalue weighted by molar-refractivity contribution is 5.67. The lowest BCUT2D eigenvalue weighted by atomic mass is 10.0. The van der Waals surface area contributed by atoms with E-state index in [2.05, 4.69) is 48.4 Å². The van der Waals surface area contributed by atoms with Crippen LogP contribution >= 0.6 is 0 Å². The summed E-state index contributed by atoms with van der Waals surface area (Å²) < 4.78 is 7.26. The molecule has 1 aromatic heterocycles. The Kier molecular flexibility index (Phi) is 5.65. The topological polar surface area (TPSA) is 56.2 Å². The van der Waals surface area contributed by atoms with Crippen LogP contribution in [-0.4, -0.2) is 27.8 Å². The molecule has 5 heteroatoms. The Hall–Kier alpha value is -2.30. The molecule has 1 N–H and O–H groups in total. The minimum Gasteiger partial charge on any atom is -0.444 e. The van der Waals surface area contributed by atoms with Crippen LogP contribution in [0, 0.1) is 0 Å². The van der Waals surface area contributed by atoms with Crippen molar-refractivity contribution in [2.24, 2.45) is 0 Å². The smallest absolute Gasteiger partial charge is 0.407 e. The van der Waals surface area contributed by atoms with Gasteiger partial charge in [-0.3, -0.25) is 0 Å². The summed E-state index contributed by atoms with van der Waals surface area (Å²) in [5.74, 6) is 1.41. The largest absolute Gasteiger partial charge is 0.444 e. The predicted octanol–water partition coefficient (Wildman–Crippen LogP) is 4.20. The number of rotatable bonds is 5. The standard InChI is InChI=1S/C19H27N3O2/c1-14(2)15-6-8-16(9-7-15)17-20-10-12-22(17)13-11-21-18(23)24-19(3,4)5/h6-10,12,14H,11,13H2,1-5H3,(H,21,23). The Bertz CT molecular complexity index is 667. The van der Waals surface area contributed by atoms with Crippen molar-refractivity contribution in [3.8, 4) is 11.4 Å². The molecule has 130 valence electrons. The number of imidazole rings is 1. The quantitative estimate of drug-likeness (QED) is 0.894. The number of amides is 1. The van der Waals surface area contributed by atoms with Gasteiger partial charge in [0.25, 0.3) is 0 Å². The van der Waals surface area contributed by atoms with Crippen molar-refractivity contribution in [3.05, 3.63) is 42.2 Å². The first kappa shape index (κ1) is 18.0. The van der Waals surface area contributed by atoms with Gasteiger partial charge in [-0.05, 0) is 32.3 Å². The summed E-state index contributed by atoms with van der Waals surface area (Å²) in [5.41, 5.74) is 1.90. The summed E-state index contributed by atoms with van der Waals surface area (Å²) in [5, 5.41) is 2.77. The van der Waals surface area contributed by atoms with E-state index in [1.807, 2.05) is 31.5 Å². The Labute approximate surface area is 144 Å². The van der Waals surface area contributed by atoms with Crippen LogP contribution in [0.1, 0.15) is 46.1 Å². The number of ether oxygens (including phenoxy) is 1. The summed E-state index contributed by atoms with van der Waals surface area (Å²) in [6, 6.07) is 8.46. The number of hydrogen-bond donors (Lipinski definition) is 1. The van der Waals surface area contributed by atoms with Gasteiger partial charge in [0.15, 0.2) is 0 Å². The van der Waals surface area contributed by atoms with Gasteiger partial charge in [-0.15, -0.1) is 0 Å². The second-order valence-corrected chi connectivity index (χ2v) is 7.15. The van der Waals surface area contributed by atoms with Crippen molar-refractivity contribution in [3.63, 3.8) is 0 Å². The average Bonchev–Trinajstić information content (AvgIpc) is 2.94. The van der Waals surface area contributed by atoms with Crippen molar-refractivity contribution in [2.75, 3.05) is 6.54 Å². The van der Waals surface area contributed by atoms with Crippen molar-refractivity contribution in [1.29, 1.82) is 0 Å². The Morgan fingerprint density at radius 1 is 1.25 bits per heavy atom. The third-order valence-electron chi connectivity index (χ3n) is 3.57. The van der Waals surface area contributed by atoms with E-state index < -0.39 is 11.7 Å². The molecule has 0 fully saturated rings. The highest BCUT2D eigenvalue weighted by atomic mass is 16.6. The van der Waals surface area contributed by atoms with Gasteiger partial charge in [-0.25, -0.2) is 9.78 Å². The normalized spacial score (nSPS) is 11.6. The molecule has 24 heavy (non-hydrogen) atoms. The summed E-state index contributed by atoms with van der Waals surface area (Å²) in [6.45, 7) is 11.0. The summed E-state index contributed by atoms with van der Waals surface area (Å²) in [4.78, 5) is 16.1. The maximum atomic E-state index is 11.7. The van der Waals surface area contributed by atoms with E-state index in [0.717, 1.165) is 11.4 Å². The van der Waals surface area contributed by atoms with E-state index in [-0.39, 0.29) is 0 Å². The summed E-state index contributed by atoms with van der Waals surface area (Å²) in [6.07, 6.45) is 3.30. The van der Waals surface area contributed by atoms with Crippen LogP contribution in [0.25, 0.3) is 11.4 Å². The molecule has 5 nitrogen and oxygen atoms in total. The highest BCUT2D eigenvalue weighted by Crippen LogP contribution is 2.21. The fraction of sp³-hybridized carbons (Fsp3) is 0.474. The lowest BCUT2D eigenvalue weighted by Crippen LogP contribution is -2.34. The number of aromatic nitrogens is 2. The van der Waals surface area contributed by atoms with E-state index in [1.165, 1.54) is 5.56 Å². The van der Waals surface area contributed by atoms with Gasteiger partial charge in [0.1, 0.15) is 11.4 Å². The van der Waals surface area contributed by atoms with Gasteiger partial charge in [-0.2, -0.15) is 0 Å². The average molecular weight is 329 g/mol. The minimum absolute atomic E-state index is 0.398. The van der Waals surface area contributed by atoms with E-state index in [1.54, 1.807) is 6.20 Å². The van der Waals surface area contributed by atoms with Crippen LogP contribution in [0.3, 0.4) is 0 Å². The van der Waals surface area contributed by atoms with Gasteiger partial charge >= 0.3 is 6.09 Å². The second kappa shape index (κ2) is 7.51. The molecule has 0 aliphatic carbocycles. The van der Waals surface area contributed by atoms with Crippen LogP contribution < -0.4 is 5.32 Å². The molecule has 2 rings (SSSR count). The molecule has 0 unspecified atom stereocenters. The lowest BCUT2D eigenvalue weighted by Gasteiger charge is -2.19. The SMILES string of the molecule is CC(C)c1ccc(-c2nccn2CCNC(=O)OC(C)(C)C)cc1. The van der Waals surface area contributed by atoms with Crippen LogP contribution in [0.2, 0.25) is 0 Å². The first-order valence-corrected chi connectivity index (χ1v) is 8.34. The third-order valence-corrected chi connectivity index (χ3v) is 3.57. The zero-order valence-electron chi connectivity index (χ0n) is 15.2. The molecule has 0 spiro atoms. The highest BCUT2D eigenvalue weighted by Gasteiger charge is 2.15. The van der Waals surface area contributed by atoms with Crippen LogP contribution in [0.4, 0.5) is 4.79 Å². The van der Waals surface area contributed by atoms with Gasteiger partial charge in [0.05, 0.1) is 0 Å². The van der Waals surface area contributed by atoms with Gasteiger partial charge in [0, 0.05) is 31.0 Å². The molecule has 0 bridgehead atoms. The Morgan fingerprint density at radius 3 is 2.50 bits per heavy atom. The molecule has 0 radical (unpaired) electrons. The maximum absolute atomic E-state index is 11.7. The number of hydrogen-bond acceptors (Lipinski definition) is 3. The van der Waals surface area contributed by atoms with Crippen molar-refractivity contribution in [2.45, 2.75) is 52.7 Å². The van der Waals surface area contributed by atoms with Crippen LogP contribution in [-0.2, 0) is 11.3 Å². The number of nitrogens with zero attached hydrogens (tertiary/aromatic N) is 2. The zero-order chi connectivity index (χ0) is 17.7. The number of carbonyl (C=O) groups is 1. The van der Waals surface area contributed by atoms with Crippen molar-refractivity contribution < 1.29 is 9.53 Å². The molecule has 1 amide bonds. The molecule has 0 saturated heterocycles. The number of nitrogens with one attached hydrogen (secondary N) is 1. The van der Waals surface area contributed by atoms with Gasteiger partial charge in [0.2, 0.25) is 0 Å². The molecule has 0 aliphatic heterocycles. The first-order valence-electron chi connectivity index (χ1n) is 8.34. The van der Waals surface area contributed by atoms with Crippen molar-refractivity contribution >= 4 is 6.09 Å². The number of carbonyl (C=O) groups excluding carboxylic acids is 1. The maximum Gasteiger partial charge on any atom is 0.407 e. The fourth-order valence-electron chi connectivity index (χ4n) is 2.36. The Morgan fingerprint density at radius 2 is 1.92 bits per heavy atom. The second-order valence-electron chi connectivity index (χ2n) is 7.15. The molecular weight excluding hydrogens is 302 g/mol. The van der Waals surface area contributed by atoms with Gasteiger partial charge in [-0.1, -0.05) is 38.1 Å². The third kappa shape index (κ3) is 5.11. The molecule has 2 aromatic rings. The van der Waals surface area contributed by atoms with E-state index in [4.69, 9.17) is 4.74 Å². The first-order chi connectivity index (χ1) is 11.3. The number of benzene rings is 1. The van der Waals surface area contributed by atoms with E-state index >= 15 is 0 Å².